The third-order valence-corrected chi connectivity index (χ3v) is 5.85. The molecule has 1 fully saturated rings. The van der Waals surface area contributed by atoms with Crippen molar-refractivity contribution in [2.75, 3.05) is 37.7 Å². The lowest BCUT2D eigenvalue weighted by Gasteiger charge is -2.34. The first-order valence-electron chi connectivity index (χ1n) is 8.34. The third kappa shape index (κ3) is 5.29. The van der Waals surface area contributed by atoms with Crippen molar-refractivity contribution in [2.24, 2.45) is 5.73 Å². The molecule has 140 valence electrons. The maximum absolute atomic E-state index is 12.2. The Morgan fingerprint density at radius 1 is 1.31 bits per heavy atom. The summed E-state index contributed by atoms with van der Waals surface area (Å²) in [6, 6.07) is 3.92. The van der Waals surface area contributed by atoms with Gasteiger partial charge in [-0.25, -0.2) is 0 Å². The topological polar surface area (TPSA) is 106 Å². The molecular weight excluding hydrogens is 374 g/mol. The second-order valence-electron chi connectivity index (χ2n) is 5.91. The van der Waals surface area contributed by atoms with Crippen LogP contribution in [0, 0.1) is 0 Å². The lowest BCUT2D eigenvalue weighted by molar-refractivity contribution is -0.132. The van der Waals surface area contributed by atoms with Gasteiger partial charge in [0.15, 0.2) is 0 Å². The van der Waals surface area contributed by atoms with Crippen molar-refractivity contribution in [2.45, 2.75) is 13.0 Å². The number of hydrogen-bond donors (Lipinski definition) is 1. The predicted octanol–water partition coefficient (Wildman–Crippen LogP) is 1.05. The average Bonchev–Trinajstić information content (AvgIpc) is 3.30. The van der Waals surface area contributed by atoms with Crippen LogP contribution < -0.4 is 5.73 Å². The average molecular weight is 396 g/mol. The molecule has 2 N–H and O–H groups in total. The highest BCUT2D eigenvalue weighted by Crippen LogP contribution is 2.21. The molecule has 0 spiro atoms. The Morgan fingerprint density at radius 2 is 2.12 bits per heavy atom. The number of thioether (sulfide) groups is 1. The van der Waals surface area contributed by atoms with Crippen LogP contribution >= 0.6 is 23.1 Å². The molecule has 10 heteroatoms. The van der Waals surface area contributed by atoms with Gasteiger partial charge in [-0.3, -0.25) is 14.5 Å². The third-order valence-electron chi connectivity index (χ3n) is 4.00. The first-order chi connectivity index (χ1) is 12.6. The van der Waals surface area contributed by atoms with Gasteiger partial charge in [-0.05, 0) is 11.4 Å². The fraction of sp³-hybridized carbons (Fsp3) is 0.500. The van der Waals surface area contributed by atoms with Crippen molar-refractivity contribution in [1.29, 1.82) is 0 Å². The SMILES string of the molecule is NC(=O)CSCCC(=O)N1CCN(Cc2nc(-c3cccs3)no2)CC1. The van der Waals surface area contributed by atoms with Crippen molar-refractivity contribution in [3.8, 4) is 10.7 Å². The molecule has 2 aromatic rings. The van der Waals surface area contributed by atoms with E-state index in [1.807, 2.05) is 22.4 Å². The number of carbonyl (C=O) groups excluding carboxylic acids is 2. The number of carbonyl (C=O) groups is 2. The van der Waals surface area contributed by atoms with Gasteiger partial charge in [0, 0.05) is 38.4 Å². The number of primary amides is 1. The van der Waals surface area contributed by atoms with Gasteiger partial charge in [-0.1, -0.05) is 11.2 Å². The summed E-state index contributed by atoms with van der Waals surface area (Å²) in [7, 11) is 0. The fourth-order valence-corrected chi connectivity index (χ4v) is 3.98. The van der Waals surface area contributed by atoms with Crippen LogP contribution in [0.2, 0.25) is 0 Å². The lowest BCUT2D eigenvalue weighted by atomic mass is 10.3. The number of nitrogens with two attached hydrogens (primary N) is 1. The maximum atomic E-state index is 12.2. The maximum Gasteiger partial charge on any atom is 0.241 e. The Bertz CT molecular complexity index is 726. The van der Waals surface area contributed by atoms with E-state index < -0.39 is 0 Å². The van der Waals surface area contributed by atoms with Crippen molar-refractivity contribution < 1.29 is 14.1 Å². The Kier molecular flexibility index (Phi) is 6.64. The number of amides is 2. The minimum atomic E-state index is -0.348. The first-order valence-corrected chi connectivity index (χ1v) is 10.4. The van der Waals surface area contributed by atoms with E-state index in [4.69, 9.17) is 10.3 Å². The quantitative estimate of drug-likeness (QED) is 0.666. The monoisotopic (exact) mass is 395 g/mol. The summed E-state index contributed by atoms with van der Waals surface area (Å²) in [6.07, 6.45) is 0.436. The number of rotatable bonds is 8. The van der Waals surface area contributed by atoms with Gasteiger partial charge in [0.05, 0.1) is 17.2 Å². The lowest BCUT2D eigenvalue weighted by Crippen LogP contribution is -2.48. The minimum Gasteiger partial charge on any atom is -0.369 e. The van der Waals surface area contributed by atoms with Crippen LogP contribution in [0.4, 0.5) is 0 Å². The van der Waals surface area contributed by atoms with Gasteiger partial charge in [0.2, 0.25) is 23.5 Å². The Balaban J connectivity index is 1.40. The van der Waals surface area contributed by atoms with Crippen LogP contribution in [0.15, 0.2) is 22.0 Å². The van der Waals surface area contributed by atoms with E-state index >= 15 is 0 Å². The van der Waals surface area contributed by atoms with Crippen LogP contribution in [0.1, 0.15) is 12.3 Å². The van der Waals surface area contributed by atoms with E-state index in [0.29, 0.717) is 43.5 Å². The molecule has 0 atom stereocenters. The normalized spacial score (nSPS) is 15.3. The molecule has 1 saturated heterocycles. The Labute approximate surface area is 159 Å². The molecule has 1 aliphatic rings. The van der Waals surface area contributed by atoms with Crippen molar-refractivity contribution in [3.63, 3.8) is 0 Å². The molecule has 26 heavy (non-hydrogen) atoms. The molecule has 0 unspecified atom stereocenters. The van der Waals surface area contributed by atoms with Gasteiger partial charge in [0.25, 0.3) is 0 Å². The van der Waals surface area contributed by atoms with Gasteiger partial charge < -0.3 is 15.2 Å². The van der Waals surface area contributed by atoms with Crippen LogP contribution in [0.3, 0.4) is 0 Å². The van der Waals surface area contributed by atoms with Gasteiger partial charge in [-0.15, -0.1) is 11.3 Å². The van der Waals surface area contributed by atoms with E-state index in [9.17, 15) is 9.59 Å². The molecule has 0 saturated carbocycles. The van der Waals surface area contributed by atoms with Crippen LogP contribution in [-0.2, 0) is 16.1 Å². The summed E-state index contributed by atoms with van der Waals surface area (Å²) in [4.78, 5) is 32.4. The van der Waals surface area contributed by atoms with E-state index in [1.54, 1.807) is 11.3 Å². The first kappa shape index (κ1) is 18.9. The van der Waals surface area contributed by atoms with E-state index in [0.717, 1.165) is 18.0 Å². The Hall–Kier alpha value is -1.91. The highest BCUT2D eigenvalue weighted by Gasteiger charge is 2.22. The molecule has 0 aliphatic carbocycles. The standard InChI is InChI=1S/C16H21N5O3S2/c17-13(22)11-25-9-3-15(23)21-6-4-20(5-7-21)10-14-18-16(19-24-14)12-2-1-8-26-12/h1-2,8H,3-7,9-11H2,(H2,17,22). The molecule has 0 radical (unpaired) electrons. The van der Waals surface area contributed by atoms with Crippen LogP contribution in [0.25, 0.3) is 10.7 Å². The fourth-order valence-electron chi connectivity index (χ4n) is 2.66. The van der Waals surface area contributed by atoms with Gasteiger partial charge in [-0.2, -0.15) is 16.7 Å². The summed E-state index contributed by atoms with van der Waals surface area (Å²) < 4.78 is 5.33. The van der Waals surface area contributed by atoms with Crippen LogP contribution in [0.5, 0.6) is 0 Å². The molecule has 1 aliphatic heterocycles. The number of aromatic nitrogens is 2. The Morgan fingerprint density at radius 3 is 2.81 bits per heavy atom. The molecule has 8 nitrogen and oxygen atoms in total. The summed E-state index contributed by atoms with van der Waals surface area (Å²) in [6.45, 7) is 3.51. The number of nitrogens with zero attached hydrogens (tertiary/aromatic N) is 4. The van der Waals surface area contributed by atoms with Gasteiger partial charge >= 0.3 is 0 Å². The molecule has 3 rings (SSSR count). The summed E-state index contributed by atoms with van der Waals surface area (Å²) in [5.74, 6) is 1.88. The highest BCUT2D eigenvalue weighted by atomic mass is 32.2. The molecule has 2 aromatic heterocycles. The number of thiophene rings is 1. The number of hydrogen-bond acceptors (Lipinski definition) is 8. The highest BCUT2D eigenvalue weighted by molar-refractivity contribution is 7.99. The smallest absolute Gasteiger partial charge is 0.241 e. The summed E-state index contributed by atoms with van der Waals surface area (Å²) in [5, 5.41) is 6.00. The van der Waals surface area contributed by atoms with Crippen molar-refractivity contribution in [1.82, 2.24) is 19.9 Å². The summed E-state index contributed by atoms with van der Waals surface area (Å²) >= 11 is 2.98. The zero-order valence-electron chi connectivity index (χ0n) is 14.3. The molecule has 0 bridgehead atoms. The largest absolute Gasteiger partial charge is 0.369 e. The molecule has 2 amide bonds. The zero-order chi connectivity index (χ0) is 18.4. The molecule has 3 heterocycles. The minimum absolute atomic E-state index is 0.124. The molecular formula is C16H21N5O3S2. The second kappa shape index (κ2) is 9.15. The predicted molar refractivity (Wildman–Crippen MR) is 101 cm³/mol. The number of piperazine rings is 1. The zero-order valence-corrected chi connectivity index (χ0v) is 15.9. The molecule has 0 aromatic carbocycles. The van der Waals surface area contributed by atoms with Crippen molar-refractivity contribution in [3.05, 3.63) is 23.4 Å². The summed E-state index contributed by atoms with van der Waals surface area (Å²) in [5.41, 5.74) is 5.08. The van der Waals surface area contributed by atoms with E-state index in [-0.39, 0.29) is 17.6 Å². The van der Waals surface area contributed by atoms with E-state index in [2.05, 4.69) is 15.0 Å². The van der Waals surface area contributed by atoms with Crippen LogP contribution in [-0.4, -0.2) is 69.4 Å². The van der Waals surface area contributed by atoms with E-state index in [1.165, 1.54) is 11.8 Å². The van der Waals surface area contributed by atoms with Gasteiger partial charge in [0.1, 0.15) is 0 Å². The second-order valence-corrected chi connectivity index (χ2v) is 7.97. The van der Waals surface area contributed by atoms with Crippen molar-refractivity contribution >= 4 is 34.9 Å².